The molecule has 5 heteroatoms. The zero-order valence-electron chi connectivity index (χ0n) is 17.9. The van der Waals surface area contributed by atoms with Crippen molar-refractivity contribution in [3.8, 4) is 0 Å². The predicted molar refractivity (Wildman–Crippen MR) is 122 cm³/mol. The zero-order chi connectivity index (χ0) is 21.2. The van der Waals surface area contributed by atoms with Gasteiger partial charge in [-0.1, -0.05) is 61.5 Å². The number of amides is 2. The van der Waals surface area contributed by atoms with E-state index in [1.54, 1.807) is 16.7 Å². The first-order chi connectivity index (χ1) is 13.9. The van der Waals surface area contributed by atoms with E-state index in [2.05, 4.69) is 17.4 Å². The first-order valence-electron chi connectivity index (χ1n) is 10.2. The minimum absolute atomic E-state index is 0.0130. The lowest BCUT2D eigenvalue weighted by Crippen LogP contribution is -2.50. The molecule has 2 rings (SSSR count). The van der Waals surface area contributed by atoms with Crippen LogP contribution >= 0.6 is 11.8 Å². The summed E-state index contributed by atoms with van der Waals surface area (Å²) in [5.74, 6) is 1.01. The average molecular weight is 413 g/mol. The van der Waals surface area contributed by atoms with Gasteiger partial charge in [0.2, 0.25) is 11.8 Å². The van der Waals surface area contributed by atoms with Gasteiger partial charge in [-0.05, 0) is 43.9 Å². The lowest BCUT2D eigenvalue weighted by atomic mass is 10.1. The number of nitrogens with one attached hydrogen (secondary N) is 1. The molecule has 0 spiro atoms. The summed E-state index contributed by atoms with van der Waals surface area (Å²) < 4.78 is 0. The van der Waals surface area contributed by atoms with Gasteiger partial charge in [0.1, 0.15) is 6.04 Å². The summed E-state index contributed by atoms with van der Waals surface area (Å²) in [5, 5.41) is 3.01. The Morgan fingerprint density at radius 3 is 2.34 bits per heavy atom. The Hall–Kier alpha value is -2.27. The fourth-order valence-electron chi connectivity index (χ4n) is 2.93. The van der Waals surface area contributed by atoms with Gasteiger partial charge in [0.15, 0.2) is 0 Å². The number of benzene rings is 2. The summed E-state index contributed by atoms with van der Waals surface area (Å²) in [7, 11) is 0. The van der Waals surface area contributed by atoms with E-state index in [1.807, 2.05) is 70.2 Å². The molecule has 0 saturated carbocycles. The smallest absolute Gasteiger partial charge is 0.242 e. The number of carbonyl (C=O) groups is 2. The van der Waals surface area contributed by atoms with E-state index in [9.17, 15) is 9.59 Å². The minimum atomic E-state index is -0.520. The normalized spacial score (nSPS) is 12.8. The number of nitrogens with zero attached hydrogens (tertiary/aromatic N) is 1. The average Bonchev–Trinajstić information content (AvgIpc) is 2.73. The maximum atomic E-state index is 13.1. The van der Waals surface area contributed by atoms with Crippen LogP contribution < -0.4 is 5.32 Å². The zero-order valence-corrected chi connectivity index (χ0v) is 18.7. The lowest BCUT2D eigenvalue weighted by Gasteiger charge is -2.30. The van der Waals surface area contributed by atoms with Gasteiger partial charge >= 0.3 is 0 Å². The first kappa shape index (κ1) is 23.0. The molecule has 0 aromatic heterocycles. The molecule has 2 aromatic carbocycles. The van der Waals surface area contributed by atoms with Crippen LogP contribution in [0.2, 0.25) is 0 Å². The van der Waals surface area contributed by atoms with Crippen molar-refractivity contribution in [2.24, 2.45) is 0 Å². The monoisotopic (exact) mass is 412 g/mol. The largest absolute Gasteiger partial charge is 0.352 e. The summed E-state index contributed by atoms with van der Waals surface area (Å²) in [4.78, 5) is 27.5. The number of thioether (sulfide) groups is 1. The maximum absolute atomic E-state index is 13.1. The molecule has 156 valence electrons. The number of aryl methyl sites for hydroxylation is 1. The van der Waals surface area contributed by atoms with Gasteiger partial charge < -0.3 is 10.2 Å². The Bertz CT molecular complexity index is 794. The summed E-state index contributed by atoms with van der Waals surface area (Å²) >= 11 is 1.58. The van der Waals surface area contributed by atoms with Crippen molar-refractivity contribution >= 4 is 23.6 Å². The van der Waals surface area contributed by atoms with Crippen LogP contribution in [0.3, 0.4) is 0 Å². The van der Waals surface area contributed by atoms with Gasteiger partial charge in [-0.25, -0.2) is 0 Å². The van der Waals surface area contributed by atoms with E-state index in [-0.39, 0.29) is 17.9 Å². The maximum Gasteiger partial charge on any atom is 0.242 e. The lowest BCUT2D eigenvalue weighted by molar-refractivity contribution is -0.138. The van der Waals surface area contributed by atoms with Gasteiger partial charge in [0, 0.05) is 18.3 Å². The van der Waals surface area contributed by atoms with Crippen molar-refractivity contribution in [3.63, 3.8) is 0 Å². The van der Waals surface area contributed by atoms with Crippen LogP contribution in [-0.2, 0) is 21.9 Å². The van der Waals surface area contributed by atoms with E-state index in [4.69, 9.17) is 0 Å². The summed E-state index contributed by atoms with van der Waals surface area (Å²) in [6.45, 7) is 8.30. The SMILES string of the molecule is CC[C@@H](C)NC(=O)[C@H](C)N(Cc1ccccc1C)C(=O)CSCc1ccccc1. The molecular weight excluding hydrogens is 380 g/mol. The molecule has 0 bridgehead atoms. The summed E-state index contributed by atoms with van der Waals surface area (Å²) in [5.41, 5.74) is 3.38. The minimum Gasteiger partial charge on any atom is -0.352 e. The van der Waals surface area contributed by atoms with E-state index in [0.29, 0.717) is 12.3 Å². The Kier molecular flexibility index (Phi) is 9.26. The van der Waals surface area contributed by atoms with E-state index in [1.165, 1.54) is 5.56 Å². The van der Waals surface area contributed by atoms with Gasteiger partial charge in [-0.15, -0.1) is 11.8 Å². The number of carbonyl (C=O) groups excluding carboxylic acids is 2. The fourth-order valence-corrected chi connectivity index (χ4v) is 3.80. The predicted octanol–water partition coefficient (Wildman–Crippen LogP) is 4.56. The molecule has 1 N–H and O–H groups in total. The Morgan fingerprint density at radius 2 is 1.69 bits per heavy atom. The Labute approximate surface area is 179 Å². The van der Waals surface area contributed by atoms with Crippen LogP contribution in [0.4, 0.5) is 0 Å². The molecule has 0 unspecified atom stereocenters. The molecule has 4 nitrogen and oxygen atoms in total. The van der Waals surface area contributed by atoms with Gasteiger partial charge in [-0.2, -0.15) is 0 Å². The van der Waals surface area contributed by atoms with Gasteiger partial charge in [0.25, 0.3) is 0 Å². The van der Waals surface area contributed by atoms with Crippen LogP contribution in [0.15, 0.2) is 54.6 Å². The van der Waals surface area contributed by atoms with Crippen LogP contribution in [-0.4, -0.2) is 34.6 Å². The summed E-state index contributed by atoms with van der Waals surface area (Å²) in [6.07, 6.45) is 0.858. The molecule has 0 aliphatic heterocycles. The third-order valence-electron chi connectivity index (χ3n) is 5.11. The second kappa shape index (κ2) is 11.7. The molecule has 0 fully saturated rings. The second-order valence-corrected chi connectivity index (χ2v) is 8.41. The van der Waals surface area contributed by atoms with Crippen molar-refractivity contribution in [1.29, 1.82) is 0 Å². The highest BCUT2D eigenvalue weighted by Crippen LogP contribution is 2.17. The van der Waals surface area contributed by atoms with Crippen LogP contribution in [0.1, 0.15) is 43.9 Å². The van der Waals surface area contributed by atoms with Crippen molar-refractivity contribution in [2.45, 2.75) is 58.5 Å². The molecule has 2 aromatic rings. The van der Waals surface area contributed by atoms with E-state index < -0.39 is 6.04 Å². The molecule has 29 heavy (non-hydrogen) atoms. The van der Waals surface area contributed by atoms with E-state index >= 15 is 0 Å². The van der Waals surface area contributed by atoms with Gasteiger partial charge in [-0.3, -0.25) is 9.59 Å². The topological polar surface area (TPSA) is 49.4 Å². The van der Waals surface area contributed by atoms with Crippen molar-refractivity contribution in [3.05, 3.63) is 71.3 Å². The Balaban J connectivity index is 2.08. The standard InChI is InChI=1S/C24H32N2O2S/c1-5-19(3)25-24(28)20(4)26(15-22-14-10-9-11-18(22)2)23(27)17-29-16-21-12-7-6-8-13-21/h6-14,19-20H,5,15-17H2,1-4H3,(H,25,28)/t19-,20+/m1/s1. The third-order valence-corrected chi connectivity index (χ3v) is 6.10. The van der Waals surface area contributed by atoms with Crippen LogP contribution in [0.5, 0.6) is 0 Å². The fraction of sp³-hybridized carbons (Fsp3) is 0.417. The van der Waals surface area contributed by atoms with Crippen molar-refractivity contribution < 1.29 is 9.59 Å². The summed E-state index contributed by atoms with van der Waals surface area (Å²) in [6, 6.07) is 17.7. The molecule has 0 heterocycles. The van der Waals surface area contributed by atoms with Crippen LogP contribution in [0.25, 0.3) is 0 Å². The third kappa shape index (κ3) is 7.24. The number of hydrogen-bond acceptors (Lipinski definition) is 3. The van der Waals surface area contributed by atoms with Crippen molar-refractivity contribution in [2.75, 3.05) is 5.75 Å². The molecule has 0 radical (unpaired) electrons. The van der Waals surface area contributed by atoms with Crippen LogP contribution in [0, 0.1) is 6.92 Å². The van der Waals surface area contributed by atoms with Crippen molar-refractivity contribution in [1.82, 2.24) is 10.2 Å². The highest BCUT2D eigenvalue weighted by molar-refractivity contribution is 7.99. The van der Waals surface area contributed by atoms with Gasteiger partial charge in [0.05, 0.1) is 5.75 Å². The highest BCUT2D eigenvalue weighted by Gasteiger charge is 2.27. The molecule has 0 aliphatic rings. The quantitative estimate of drug-likeness (QED) is 0.622. The molecule has 2 atom stereocenters. The number of rotatable bonds is 10. The molecular formula is C24H32N2O2S. The number of hydrogen-bond donors (Lipinski definition) is 1. The van der Waals surface area contributed by atoms with E-state index in [0.717, 1.165) is 23.3 Å². The molecule has 2 amide bonds. The highest BCUT2D eigenvalue weighted by atomic mass is 32.2. The molecule has 0 aliphatic carbocycles. The molecule has 0 saturated heterocycles. The Morgan fingerprint density at radius 1 is 1.03 bits per heavy atom. The first-order valence-corrected chi connectivity index (χ1v) is 11.3. The second-order valence-electron chi connectivity index (χ2n) is 7.42.